The number of carbonyl (C=O) groups excluding carboxylic acids is 1. The molecule has 1 aliphatic heterocycles. The Morgan fingerprint density at radius 2 is 2.00 bits per heavy atom. The molecule has 1 aromatic carbocycles. The molecular weight excluding hydrogens is 316 g/mol. The normalized spacial score (nSPS) is 18.2. The van der Waals surface area contributed by atoms with Crippen molar-refractivity contribution in [3.05, 3.63) is 64.4 Å². The average Bonchev–Trinajstić information content (AvgIpc) is 2.98. The monoisotopic (exact) mass is 330 g/mol. The Morgan fingerprint density at radius 3 is 2.75 bits per heavy atom. The van der Waals surface area contributed by atoms with Crippen molar-refractivity contribution in [3.8, 4) is 0 Å². The minimum atomic E-state index is 0.0587. The molecule has 1 atom stereocenters. The molecule has 0 saturated carbocycles. The number of hydrogen-bond acceptors (Lipinski definition) is 2. The lowest BCUT2D eigenvalue weighted by Crippen LogP contribution is -2.28. The van der Waals surface area contributed by atoms with Gasteiger partial charge < -0.3 is 4.90 Å². The molecule has 1 fully saturated rings. The van der Waals surface area contributed by atoms with Gasteiger partial charge in [0.25, 0.3) is 5.91 Å². The molecule has 2 aromatic rings. The number of rotatable bonds is 2. The van der Waals surface area contributed by atoms with Gasteiger partial charge in [0.15, 0.2) is 0 Å². The summed E-state index contributed by atoms with van der Waals surface area (Å²) in [6.07, 6.45) is 2.70. The van der Waals surface area contributed by atoms with E-state index >= 15 is 0 Å². The Kier molecular flexibility index (Phi) is 3.83. The summed E-state index contributed by atoms with van der Waals surface area (Å²) >= 11 is 3.35. The maximum Gasteiger partial charge on any atom is 0.256 e. The summed E-state index contributed by atoms with van der Waals surface area (Å²) in [4.78, 5) is 18.5. The third-order valence-electron chi connectivity index (χ3n) is 3.74. The number of carbonyl (C=O) groups is 1. The highest BCUT2D eigenvalue weighted by Crippen LogP contribution is 2.28. The molecule has 4 heteroatoms. The molecule has 1 amide bonds. The summed E-state index contributed by atoms with van der Waals surface area (Å²) in [6.45, 7) is 1.59. The minimum Gasteiger partial charge on any atom is -0.338 e. The molecule has 0 bridgehead atoms. The van der Waals surface area contributed by atoms with E-state index in [9.17, 15) is 4.79 Å². The van der Waals surface area contributed by atoms with Gasteiger partial charge in [-0.1, -0.05) is 30.3 Å². The third kappa shape index (κ3) is 2.61. The number of hydrogen-bond donors (Lipinski definition) is 0. The van der Waals surface area contributed by atoms with E-state index in [1.165, 1.54) is 5.56 Å². The second-order valence-electron chi connectivity index (χ2n) is 4.99. The third-order valence-corrected chi connectivity index (χ3v) is 4.37. The maximum atomic E-state index is 12.5. The zero-order valence-electron chi connectivity index (χ0n) is 11.0. The van der Waals surface area contributed by atoms with Crippen LogP contribution in [0.15, 0.2) is 53.3 Å². The van der Waals surface area contributed by atoms with Crippen LogP contribution in [0.3, 0.4) is 0 Å². The Balaban J connectivity index is 1.75. The summed E-state index contributed by atoms with van der Waals surface area (Å²) in [5.74, 6) is 0.499. The molecule has 0 radical (unpaired) electrons. The van der Waals surface area contributed by atoms with Crippen molar-refractivity contribution in [2.24, 2.45) is 0 Å². The molecule has 3 nitrogen and oxygen atoms in total. The van der Waals surface area contributed by atoms with Gasteiger partial charge in [0.05, 0.1) is 5.56 Å². The number of nitrogens with zero attached hydrogens (tertiary/aromatic N) is 2. The SMILES string of the molecule is O=C(c1cccnc1Br)N1CCC(c2ccccc2)C1. The molecule has 102 valence electrons. The molecule has 20 heavy (non-hydrogen) atoms. The van der Waals surface area contributed by atoms with Gasteiger partial charge in [-0.25, -0.2) is 4.98 Å². The quantitative estimate of drug-likeness (QED) is 0.790. The molecule has 1 aliphatic rings. The zero-order valence-corrected chi connectivity index (χ0v) is 12.6. The van der Waals surface area contributed by atoms with Crippen LogP contribution in [0.1, 0.15) is 28.3 Å². The molecule has 1 aromatic heterocycles. The van der Waals surface area contributed by atoms with Crippen LogP contribution in [-0.2, 0) is 0 Å². The molecule has 3 rings (SSSR count). The van der Waals surface area contributed by atoms with Crippen LogP contribution < -0.4 is 0 Å². The lowest BCUT2D eigenvalue weighted by molar-refractivity contribution is 0.0789. The lowest BCUT2D eigenvalue weighted by Gasteiger charge is -2.17. The summed E-state index contributed by atoms with van der Waals surface area (Å²) in [5, 5.41) is 0. The Labute approximate surface area is 126 Å². The van der Waals surface area contributed by atoms with Crippen LogP contribution in [0.25, 0.3) is 0 Å². The van der Waals surface area contributed by atoms with Gasteiger partial charge in [0, 0.05) is 25.2 Å². The average molecular weight is 331 g/mol. The van der Waals surface area contributed by atoms with E-state index in [1.807, 2.05) is 17.0 Å². The fourth-order valence-electron chi connectivity index (χ4n) is 2.66. The smallest absolute Gasteiger partial charge is 0.256 e. The fourth-order valence-corrected chi connectivity index (χ4v) is 3.08. The van der Waals surface area contributed by atoms with Crippen LogP contribution in [-0.4, -0.2) is 28.9 Å². The molecule has 0 N–H and O–H groups in total. The van der Waals surface area contributed by atoms with Crippen LogP contribution in [0.5, 0.6) is 0 Å². The highest BCUT2D eigenvalue weighted by atomic mass is 79.9. The van der Waals surface area contributed by atoms with Crippen molar-refractivity contribution in [1.29, 1.82) is 0 Å². The van der Waals surface area contributed by atoms with E-state index in [0.717, 1.165) is 19.5 Å². The second kappa shape index (κ2) is 5.75. The lowest BCUT2D eigenvalue weighted by atomic mass is 9.99. The van der Waals surface area contributed by atoms with E-state index in [2.05, 4.69) is 45.2 Å². The number of amides is 1. The first kappa shape index (κ1) is 13.3. The number of benzene rings is 1. The number of halogens is 1. The van der Waals surface area contributed by atoms with Crippen LogP contribution >= 0.6 is 15.9 Å². The summed E-state index contributed by atoms with van der Waals surface area (Å²) < 4.78 is 0.619. The first-order valence-corrected chi connectivity index (χ1v) is 7.50. The van der Waals surface area contributed by atoms with E-state index in [1.54, 1.807) is 12.3 Å². The van der Waals surface area contributed by atoms with Crippen molar-refractivity contribution in [1.82, 2.24) is 9.88 Å². The molecule has 0 aliphatic carbocycles. The van der Waals surface area contributed by atoms with Crippen LogP contribution in [0.4, 0.5) is 0 Å². The van der Waals surface area contributed by atoms with E-state index in [-0.39, 0.29) is 5.91 Å². The Hall–Kier alpha value is -1.68. The minimum absolute atomic E-state index is 0.0587. The van der Waals surface area contributed by atoms with E-state index in [4.69, 9.17) is 0 Å². The molecule has 2 heterocycles. The summed E-state index contributed by atoms with van der Waals surface area (Å²) in [6, 6.07) is 14.0. The predicted octanol–water partition coefficient (Wildman–Crippen LogP) is 3.47. The second-order valence-corrected chi connectivity index (χ2v) is 5.74. The van der Waals surface area contributed by atoms with Crippen molar-refractivity contribution in [3.63, 3.8) is 0 Å². The predicted molar refractivity (Wildman–Crippen MR) is 81.6 cm³/mol. The van der Waals surface area contributed by atoms with Gasteiger partial charge in [0.2, 0.25) is 0 Å². The van der Waals surface area contributed by atoms with Crippen LogP contribution in [0, 0.1) is 0 Å². The molecule has 1 saturated heterocycles. The molecule has 1 unspecified atom stereocenters. The Morgan fingerprint density at radius 1 is 1.20 bits per heavy atom. The van der Waals surface area contributed by atoms with E-state index < -0.39 is 0 Å². The zero-order chi connectivity index (χ0) is 13.9. The van der Waals surface area contributed by atoms with Crippen molar-refractivity contribution >= 4 is 21.8 Å². The molecule has 0 spiro atoms. The standard InChI is InChI=1S/C16H15BrN2O/c17-15-14(7-4-9-18-15)16(20)19-10-8-13(11-19)12-5-2-1-3-6-12/h1-7,9,13H,8,10-11H2. The van der Waals surface area contributed by atoms with Gasteiger partial charge in [-0.3, -0.25) is 4.79 Å². The summed E-state index contributed by atoms with van der Waals surface area (Å²) in [5.41, 5.74) is 1.95. The van der Waals surface area contributed by atoms with Crippen molar-refractivity contribution in [2.75, 3.05) is 13.1 Å². The largest absolute Gasteiger partial charge is 0.338 e. The highest BCUT2D eigenvalue weighted by molar-refractivity contribution is 9.10. The van der Waals surface area contributed by atoms with Gasteiger partial charge in [0.1, 0.15) is 4.60 Å². The number of likely N-dealkylation sites (tertiary alicyclic amines) is 1. The first-order valence-electron chi connectivity index (χ1n) is 6.70. The highest BCUT2D eigenvalue weighted by Gasteiger charge is 2.28. The first-order chi connectivity index (χ1) is 9.75. The van der Waals surface area contributed by atoms with E-state index in [0.29, 0.717) is 16.1 Å². The molecular formula is C16H15BrN2O. The van der Waals surface area contributed by atoms with Crippen molar-refractivity contribution in [2.45, 2.75) is 12.3 Å². The van der Waals surface area contributed by atoms with Gasteiger partial charge in [-0.2, -0.15) is 0 Å². The van der Waals surface area contributed by atoms with Crippen LogP contribution in [0.2, 0.25) is 0 Å². The van der Waals surface area contributed by atoms with Gasteiger partial charge in [-0.05, 0) is 40.0 Å². The fraction of sp³-hybridized carbons (Fsp3) is 0.250. The van der Waals surface area contributed by atoms with Gasteiger partial charge >= 0.3 is 0 Å². The Bertz CT molecular complexity index is 615. The summed E-state index contributed by atoms with van der Waals surface area (Å²) in [7, 11) is 0. The maximum absolute atomic E-state index is 12.5. The number of aromatic nitrogens is 1. The number of pyridine rings is 1. The topological polar surface area (TPSA) is 33.2 Å². The van der Waals surface area contributed by atoms with Crippen molar-refractivity contribution < 1.29 is 4.79 Å². The van der Waals surface area contributed by atoms with Gasteiger partial charge in [-0.15, -0.1) is 0 Å².